The topological polar surface area (TPSA) is 47.0 Å². The number of nitrogens with one attached hydrogen (secondary N) is 1. The zero-order valence-electron chi connectivity index (χ0n) is 17.5. The third-order valence-electron chi connectivity index (χ3n) is 5.35. The van der Waals surface area contributed by atoms with E-state index in [9.17, 15) is 0 Å². The molecular formula is C24H25Cl2N3O. The molecule has 3 aromatic rings. The molecule has 0 bridgehead atoms. The van der Waals surface area contributed by atoms with Gasteiger partial charge in [0.2, 0.25) is 0 Å². The summed E-state index contributed by atoms with van der Waals surface area (Å²) in [4.78, 5) is 9.67. The molecule has 6 heteroatoms. The number of aromatic nitrogens is 2. The molecule has 0 saturated heterocycles. The van der Waals surface area contributed by atoms with Crippen LogP contribution < -0.4 is 5.32 Å². The van der Waals surface area contributed by atoms with Crippen LogP contribution in [0.25, 0.3) is 11.3 Å². The molecule has 1 N–H and O–H groups in total. The molecule has 0 radical (unpaired) electrons. The number of anilines is 1. The molecule has 156 valence electrons. The van der Waals surface area contributed by atoms with Gasteiger partial charge in [0.25, 0.3) is 0 Å². The summed E-state index contributed by atoms with van der Waals surface area (Å²) in [5.74, 6) is 0.764. The van der Waals surface area contributed by atoms with Crippen LogP contribution in [-0.2, 0) is 11.2 Å². The first-order chi connectivity index (χ1) is 14.3. The predicted molar refractivity (Wildman–Crippen MR) is 123 cm³/mol. The summed E-state index contributed by atoms with van der Waals surface area (Å²) in [5.41, 5.74) is 5.78. The number of fused-ring (bicyclic) bond motifs is 1. The molecule has 2 aromatic carbocycles. The minimum absolute atomic E-state index is 0.0287. The second-order valence-corrected chi connectivity index (χ2v) is 8.81. The number of hydrogen-bond acceptors (Lipinski definition) is 4. The van der Waals surface area contributed by atoms with Crippen molar-refractivity contribution in [1.82, 2.24) is 9.97 Å². The molecule has 0 amide bonds. The van der Waals surface area contributed by atoms with E-state index in [-0.39, 0.29) is 18.2 Å². The molecule has 1 aliphatic rings. The van der Waals surface area contributed by atoms with E-state index in [0.717, 1.165) is 34.9 Å². The van der Waals surface area contributed by atoms with Gasteiger partial charge in [0.15, 0.2) is 0 Å². The van der Waals surface area contributed by atoms with E-state index in [1.807, 2.05) is 26.0 Å². The third kappa shape index (κ3) is 4.18. The van der Waals surface area contributed by atoms with Gasteiger partial charge >= 0.3 is 0 Å². The molecule has 2 unspecified atom stereocenters. The lowest BCUT2D eigenvalue weighted by Gasteiger charge is -2.25. The van der Waals surface area contributed by atoms with E-state index in [4.69, 9.17) is 37.9 Å². The van der Waals surface area contributed by atoms with Crippen molar-refractivity contribution >= 4 is 29.0 Å². The number of halogens is 2. The van der Waals surface area contributed by atoms with Crippen molar-refractivity contribution in [3.05, 3.63) is 75.0 Å². The first-order valence-electron chi connectivity index (χ1n) is 10.1. The Morgan fingerprint density at radius 1 is 1.03 bits per heavy atom. The minimum Gasteiger partial charge on any atom is -0.373 e. The molecule has 0 fully saturated rings. The largest absolute Gasteiger partial charge is 0.373 e. The SMILES string of the molecule is Cc1nc(-c2ccc(Cl)cc2Cl)c(C)nc1NC1c2ccccc2CC1OC(C)C. The van der Waals surface area contributed by atoms with Gasteiger partial charge in [-0.2, -0.15) is 0 Å². The summed E-state index contributed by atoms with van der Waals surface area (Å²) in [6, 6.07) is 13.9. The Morgan fingerprint density at radius 2 is 1.80 bits per heavy atom. The maximum absolute atomic E-state index is 6.40. The normalized spacial score (nSPS) is 18.0. The van der Waals surface area contributed by atoms with Crippen LogP contribution >= 0.6 is 23.2 Å². The van der Waals surface area contributed by atoms with Crippen LogP contribution in [0.3, 0.4) is 0 Å². The van der Waals surface area contributed by atoms with Gasteiger partial charge in [0.05, 0.1) is 40.4 Å². The molecule has 4 nitrogen and oxygen atoms in total. The molecular weight excluding hydrogens is 417 g/mol. The van der Waals surface area contributed by atoms with Crippen LogP contribution in [0.4, 0.5) is 5.82 Å². The lowest BCUT2D eigenvalue weighted by atomic mass is 10.1. The number of nitrogens with zero attached hydrogens (tertiary/aromatic N) is 2. The molecule has 1 aliphatic carbocycles. The summed E-state index contributed by atoms with van der Waals surface area (Å²) in [7, 11) is 0. The van der Waals surface area contributed by atoms with Gasteiger partial charge in [0.1, 0.15) is 5.82 Å². The summed E-state index contributed by atoms with van der Waals surface area (Å²) in [6.45, 7) is 8.05. The first-order valence-corrected chi connectivity index (χ1v) is 10.9. The fraction of sp³-hybridized carbons (Fsp3) is 0.333. The Kier molecular flexibility index (Phi) is 6.01. The maximum atomic E-state index is 6.40. The summed E-state index contributed by atoms with van der Waals surface area (Å²) >= 11 is 12.4. The van der Waals surface area contributed by atoms with Crippen molar-refractivity contribution in [3.63, 3.8) is 0 Å². The van der Waals surface area contributed by atoms with E-state index in [1.54, 1.807) is 6.07 Å². The van der Waals surface area contributed by atoms with Gasteiger partial charge in [-0.3, -0.25) is 0 Å². The highest BCUT2D eigenvalue weighted by molar-refractivity contribution is 6.36. The summed E-state index contributed by atoms with van der Waals surface area (Å²) in [6.07, 6.45) is 1.09. The van der Waals surface area contributed by atoms with Gasteiger partial charge in [-0.25, -0.2) is 9.97 Å². The van der Waals surface area contributed by atoms with E-state index in [0.29, 0.717) is 10.0 Å². The van der Waals surface area contributed by atoms with Crippen molar-refractivity contribution in [1.29, 1.82) is 0 Å². The molecule has 1 heterocycles. The van der Waals surface area contributed by atoms with E-state index < -0.39 is 0 Å². The van der Waals surface area contributed by atoms with E-state index >= 15 is 0 Å². The molecule has 2 atom stereocenters. The van der Waals surface area contributed by atoms with Crippen molar-refractivity contribution in [2.24, 2.45) is 0 Å². The van der Waals surface area contributed by atoms with Crippen molar-refractivity contribution in [2.45, 2.75) is 52.4 Å². The Morgan fingerprint density at radius 3 is 2.53 bits per heavy atom. The Hall–Kier alpha value is -2.14. The lowest BCUT2D eigenvalue weighted by Crippen LogP contribution is -2.28. The van der Waals surface area contributed by atoms with Gasteiger partial charge in [-0.15, -0.1) is 0 Å². The van der Waals surface area contributed by atoms with Gasteiger partial charge in [-0.05, 0) is 57.0 Å². The predicted octanol–water partition coefficient (Wildman–Crippen LogP) is 6.57. The zero-order valence-corrected chi connectivity index (χ0v) is 19.1. The fourth-order valence-electron chi connectivity index (χ4n) is 4.03. The highest BCUT2D eigenvalue weighted by atomic mass is 35.5. The molecule has 0 spiro atoms. The molecule has 0 saturated carbocycles. The maximum Gasteiger partial charge on any atom is 0.148 e. The van der Waals surface area contributed by atoms with Crippen LogP contribution in [0.15, 0.2) is 42.5 Å². The Bertz CT molecular complexity index is 1080. The van der Waals surface area contributed by atoms with Crippen LogP contribution in [0.2, 0.25) is 10.0 Å². The van der Waals surface area contributed by atoms with Crippen LogP contribution in [0.5, 0.6) is 0 Å². The van der Waals surface area contributed by atoms with Crippen molar-refractivity contribution in [2.75, 3.05) is 5.32 Å². The number of benzene rings is 2. The second-order valence-electron chi connectivity index (χ2n) is 7.96. The van der Waals surface area contributed by atoms with Crippen molar-refractivity contribution < 1.29 is 4.74 Å². The van der Waals surface area contributed by atoms with Crippen LogP contribution in [-0.4, -0.2) is 22.2 Å². The monoisotopic (exact) mass is 441 g/mol. The van der Waals surface area contributed by atoms with Crippen LogP contribution in [0, 0.1) is 13.8 Å². The molecule has 4 rings (SSSR count). The van der Waals surface area contributed by atoms with Gasteiger partial charge < -0.3 is 10.1 Å². The molecule has 30 heavy (non-hydrogen) atoms. The smallest absolute Gasteiger partial charge is 0.148 e. The highest BCUT2D eigenvalue weighted by Crippen LogP contribution is 2.37. The highest BCUT2D eigenvalue weighted by Gasteiger charge is 2.34. The lowest BCUT2D eigenvalue weighted by molar-refractivity contribution is 0.00372. The third-order valence-corrected chi connectivity index (χ3v) is 5.90. The Balaban J connectivity index is 1.68. The molecule has 1 aromatic heterocycles. The number of ether oxygens (including phenoxy) is 1. The quantitative estimate of drug-likeness (QED) is 0.486. The summed E-state index contributed by atoms with van der Waals surface area (Å²) in [5, 5.41) is 4.77. The zero-order chi connectivity index (χ0) is 21.4. The average molecular weight is 442 g/mol. The van der Waals surface area contributed by atoms with E-state index in [1.165, 1.54) is 11.1 Å². The number of aryl methyl sites for hydroxylation is 2. The standard InChI is InChI=1S/C24H25Cl2N3O/c1-13(2)30-21-11-16-7-5-6-8-18(16)23(21)29-24-15(4)27-22(14(3)28-24)19-10-9-17(25)12-20(19)26/h5-10,12-13,21,23H,11H2,1-4H3,(H,28,29). The average Bonchev–Trinajstić information content (AvgIpc) is 3.01. The number of rotatable bonds is 5. The van der Waals surface area contributed by atoms with Gasteiger partial charge in [-0.1, -0.05) is 47.5 Å². The molecule has 0 aliphatic heterocycles. The van der Waals surface area contributed by atoms with E-state index in [2.05, 4.69) is 43.4 Å². The Labute approximate surface area is 187 Å². The fourth-order valence-corrected chi connectivity index (χ4v) is 4.53. The van der Waals surface area contributed by atoms with Crippen molar-refractivity contribution in [3.8, 4) is 11.3 Å². The van der Waals surface area contributed by atoms with Crippen LogP contribution in [0.1, 0.15) is 42.4 Å². The second kappa shape index (κ2) is 8.54. The summed E-state index contributed by atoms with van der Waals surface area (Å²) < 4.78 is 6.23. The first kappa shape index (κ1) is 21.1. The number of hydrogen-bond donors (Lipinski definition) is 1. The minimum atomic E-state index is 0.0287. The van der Waals surface area contributed by atoms with Gasteiger partial charge in [0, 0.05) is 17.0 Å².